The van der Waals surface area contributed by atoms with Gasteiger partial charge in [0, 0.05) is 11.7 Å². The summed E-state index contributed by atoms with van der Waals surface area (Å²) in [4.78, 5) is 4.03. The summed E-state index contributed by atoms with van der Waals surface area (Å²) in [5, 5.41) is 8.90. The second-order valence-electron chi connectivity index (χ2n) is 6.89. The molecule has 1 saturated heterocycles. The zero-order valence-corrected chi connectivity index (χ0v) is 14.5. The smallest absolute Gasteiger partial charge is 0.436 e. The molecule has 1 aliphatic heterocycles. The lowest BCUT2D eigenvalue weighted by atomic mass is 9.80. The molecule has 3 rings (SSSR count). The number of pyridine rings is 1. The van der Waals surface area contributed by atoms with Crippen molar-refractivity contribution >= 4 is 12.6 Å². The van der Waals surface area contributed by atoms with Crippen LogP contribution in [0.5, 0.6) is 11.6 Å². The molecule has 128 valence electrons. The molecule has 0 radical (unpaired) electrons. The van der Waals surface area contributed by atoms with Crippen LogP contribution in [0, 0.1) is 17.1 Å². The lowest BCUT2D eigenvalue weighted by Gasteiger charge is -2.32. The predicted octanol–water partition coefficient (Wildman–Crippen LogP) is 3.18. The van der Waals surface area contributed by atoms with Crippen LogP contribution in [0.1, 0.15) is 33.3 Å². The van der Waals surface area contributed by atoms with Gasteiger partial charge >= 0.3 is 7.12 Å². The second kappa shape index (κ2) is 6.14. The molecule has 1 fully saturated rings. The van der Waals surface area contributed by atoms with Crippen molar-refractivity contribution in [2.45, 2.75) is 38.9 Å². The fourth-order valence-corrected chi connectivity index (χ4v) is 2.36. The predicted molar refractivity (Wildman–Crippen MR) is 91.1 cm³/mol. The van der Waals surface area contributed by atoms with Crippen molar-refractivity contribution in [3.8, 4) is 17.7 Å². The van der Waals surface area contributed by atoms with Crippen molar-refractivity contribution in [1.29, 1.82) is 5.26 Å². The van der Waals surface area contributed by atoms with Crippen molar-refractivity contribution in [1.82, 2.24) is 4.98 Å². The Morgan fingerprint density at radius 1 is 1.16 bits per heavy atom. The first kappa shape index (κ1) is 17.4. The maximum atomic E-state index is 14.4. The zero-order chi connectivity index (χ0) is 18.2. The van der Waals surface area contributed by atoms with Crippen LogP contribution in [0.3, 0.4) is 0 Å². The molecule has 1 aliphatic rings. The molecule has 1 aromatic heterocycles. The van der Waals surface area contributed by atoms with Gasteiger partial charge in [-0.15, -0.1) is 0 Å². The first-order chi connectivity index (χ1) is 11.7. The van der Waals surface area contributed by atoms with E-state index in [1.54, 1.807) is 18.2 Å². The maximum Gasteiger partial charge on any atom is 0.496 e. The van der Waals surface area contributed by atoms with E-state index in [1.807, 2.05) is 33.8 Å². The van der Waals surface area contributed by atoms with E-state index >= 15 is 0 Å². The minimum Gasteiger partial charge on any atom is -0.436 e. The van der Waals surface area contributed by atoms with Gasteiger partial charge in [-0.05, 0) is 52.0 Å². The number of hydrogen-bond donors (Lipinski definition) is 0. The number of nitrogens with zero attached hydrogens (tertiary/aromatic N) is 2. The van der Waals surface area contributed by atoms with Gasteiger partial charge in [0.15, 0.2) is 5.82 Å². The minimum absolute atomic E-state index is 0.171. The van der Waals surface area contributed by atoms with Crippen LogP contribution in [-0.2, 0) is 9.31 Å². The minimum atomic E-state index is -0.692. The van der Waals surface area contributed by atoms with Gasteiger partial charge in [0.05, 0.1) is 22.8 Å². The van der Waals surface area contributed by atoms with Crippen LogP contribution in [0.25, 0.3) is 0 Å². The molecule has 1 aromatic carbocycles. The number of halogens is 1. The summed E-state index contributed by atoms with van der Waals surface area (Å²) in [6.07, 6.45) is 1.47. The molecule has 7 heteroatoms. The summed E-state index contributed by atoms with van der Waals surface area (Å²) in [5.74, 6) is -0.459. The van der Waals surface area contributed by atoms with E-state index in [1.165, 1.54) is 18.3 Å². The van der Waals surface area contributed by atoms with E-state index in [2.05, 4.69) is 4.98 Å². The van der Waals surface area contributed by atoms with Gasteiger partial charge in [-0.3, -0.25) is 0 Å². The summed E-state index contributed by atoms with van der Waals surface area (Å²) < 4.78 is 31.6. The summed E-state index contributed by atoms with van der Waals surface area (Å²) in [7, 11) is -0.692. The summed E-state index contributed by atoms with van der Waals surface area (Å²) >= 11 is 0. The fourth-order valence-electron chi connectivity index (χ4n) is 2.36. The zero-order valence-electron chi connectivity index (χ0n) is 14.5. The topological polar surface area (TPSA) is 64.4 Å². The molecule has 2 heterocycles. The fraction of sp³-hybridized carbons (Fsp3) is 0.333. The number of aromatic nitrogens is 1. The first-order valence-corrected chi connectivity index (χ1v) is 7.91. The standard InChI is InChI=1S/C18H18BFN2O3/c1-17(2)18(3,4)25-19(24-17)13-9-15(20)16(22-11-13)23-14-7-5-6-12(8-14)10-21/h5-9,11H,1-4H3. The third-order valence-electron chi connectivity index (χ3n) is 4.53. The van der Waals surface area contributed by atoms with Crippen LogP contribution in [0.2, 0.25) is 0 Å². The number of rotatable bonds is 3. The first-order valence-electron chi connectivity index (χ1n) is 7.91. The quantitative estimate of drug-likeness (QED) is 0.803. The van der Waals surface area contributed by atoms with E-state index < -0.39 is 24.1 Å². The molecule has 0 spiro atoms. The van der Waals surface area contributed by atoms with Gasteiger partial charge < -0.3 is 14.0 Å². The summed E-state index contributed by atoms with van der Waals surface area (Å²) in [6, 6.07) is 9.73. The average Bonchev–Trinajstić information content (AvgIpc) is 2.77. The van der Waals surface area contributed by atoms with E-state index in [4.69, 9.17) is 19.3 Å². The highest BCUT2D eigenvalue weighted by molar-refractivity contribution is 6.62. The number of benzene rings is 1. The Morgan fingerprint density at radius 3 is 2.44 bits per heavy atom. The molecule has 0 unspecified atom stereocenters. The highest BCUT2D eigenvalue weighted by Gasteiger charge is 2.52. The average molecular weight is 340 g/mol. The molecule has 0 N–H and O–H groups in total. The van der Waals surface area contributed by atoms with E-state index in [0.29, 0.717) is 16.8 Å². The molecule has 2 aromatic rings. The molecule has 0 bridgehead atoms. The van der Waals surface area contributed by atoms with Gasteiger partial charge in [-0.1, -0.05) is 6.07 Å². The van der Waals surface area contributed by atoms with Gasteiger partial charge in [-0.25, -0.2) is 9.37 Å². The lowest BCUT2D eigenvalue weighted by Crippen LogP contribution is -2.41. The van der Waals surface area contributed by atoms with Crippen molar-refractivity contribution in [3.05, 3.63) is 47.9 Å². The van der Waals surface area contributed by atoms with Gasteiger partial charge in [0.1, 0.15) is 5.75 Å². The van der Waals surface area contributed by atoms with Gasteiger partial charge in [0.2, 0.25) is 0 Å². The van der Waals surface area contributed by atoms with Crippen molar-refractivity contribution in [3.63, 3.8) is 0 Å². The van der Waals surface area contributed by atoms with Crippen LogP contribution < -0.4 is 10.2 Å². The van der Waals surface area contributed by atoms with Crippen LogP contribution >= 0.6 is 0 Å². The Bertz CT molecular complexity index is 832. The number of hydrogen-bond acceptors (Lipinski definition) is 5. The third kappa shape index (κ3) is 3.36. The molecular weight excluding hydrogens is 322 g/mol. The molecular formula is C18H18BFN2O3. The Morgan fingerprint density at radius 2 is 1.84 bits per heavy atom. The normalized spacial score (nSPS) is 18.0. The summed E-state index contributed by atoms with van der Waals surface area (Å²) in [5.41, 5.74) is -0.122. The Balaban J connectivity index is 1.81. The van der Waals surface area contributed by atoms with E-state index in [0.717, 1.165) is 0 Å². The van der Waals surface area contributed by atoms with E-state index in [9.17, 15) is 4.39 Å². The van der Waals surface area contributed by atoms with Crippen molar-refractivity contribution in [2.75, 3.05) is 0 Å². The van der Waals surface area contributed by atoms with Crippen molar-refractivity contribution < 1.29 is 18.4 Å². The van der Waals surface area contributed by atoms with Crippen LogP contribution in [0.15, 0.2) is 36.5 Å². The number of nitriles is 1. The highest BCUT2D eigenvalue weighted by Crippen LogP contribution is 2.36. The Kier molecular flexibility index (Phi) is 4.27. The highest BCUT2D eigenvalue weighted by atomic mass is 19.1. The molecule has 25 heavy (non-hydrogen) atoms. The van der Waals surface area contributed by atoms with Crippen molar-refractivity contribution in [2.24, 2.45) is 0 Å². The van der Waals surface area contributed by atoms with E-state index in [-0.39, 0.29) is 5.88 Å². The molecule has 0 atom stereocenters. The Hall–Kier alpha value is -2.43. The van der Waals surface area contributed by atoms with Gasteiger partial charge in [0.25, 0.3) is 5.88 Å². The monoisotopic (exact) mass is 340 g/mol. The largest absolute Gasteiger partial charge is 0.496 e. The maximum absolute atomic E-state index is 14.4. The SMILES string of the molecule is CC1(C)OB(c2cnc(Oc3cccc(C#N)c3)c(F)c2)OC1(C)C. The summed E-state index contributed by atoms with van der Waals surface area (Å²) in [6.45, 7) is 7.71. The van der Waals surface area contributed by atoms with Crippen LogP contribution in [0.4, 0.5) is 4.39 Å². The Labute approximate surface area is 146 Å². The molecule has 0 aliphatic carbocycles. The number of ether oxygens (including phenoxy) is 1. The second-order valence-corrected chi connectivity index (χ2v) is 6.89. The van der Waals surface area contributed by atoms with Crippen LogP contribution in [-0.4, -0.2) is 23.3 Å². The third-order valence-corrected chi connectivity index (χ3v) is 4.53. The van der Waals surface area contributed by atoms with Gasteiger partial charge in [-0.2, -0.15) is 5.26 Å². The molecule has 5 nitrogen and oxygen atoms in total. The molecule has 0 saturated carbocycles. The lowest BCUT2D eigenvalue weighted by molar-refractivity contribution is 0.00578. The molecule has 0 amide bonds.